The van der Waals surface area contributed by atoms with Gasteiger partial charge in [-0.25, -0.2) is 9.97 Å². The second-order valence-electron chi connectivity index (χ2n) is 3.70. The van der Waals surface area contributed by atoms with Gasteiger partial charge >= 0.3 is 0 Å². The van der Waals surface area contributed by atoms with Crippen LogP contribution in [0.25, 0.3) is 11.5 Å². The second-order valence-corrected chi connectivity index (χ2v) is 3.70. The van der Waals surface area contributed by atoms with Gasteiger partial charge in [0.05, 0.1) is 12.3 Å². The maximum atomic E-state index is 9.08. The minimum atomic E-state index is -0.0812. The van der Waals surface area contributed by atoms with Crippen molar-refractivity contribution in [2.24, 2.45) is 0 Å². The van der Waals surface area contributed by atoms with Gasteiger partial charge in [0.2, 0.25) is 0 Å². The summed E-state index contributed by atoms with van der Waals surface area (Å²) in [4.78, 5) is 12.8. The Morgan fingerprint density at radius 1 is 1.19 bits per heavy atom. The molecule has 1 N–H and O–H groups in total. The zero-order chi connectivity index (χ0) is 11.5. The first-order valence-electron chi connectivity index (χ1n) is 5.07. The van der Waals surface area contributed by atoms with Gasteiger partial charge in [-0.2, -0.15) is 0 Å². The number of aryl methyl sites for hydroxylation is 2. The molecule has 0 saturated heterocycles. The van der Waals surface area contributed by atoms with E-state index >= 15 is 0 Å². The Morgan fingerprint density at radius 2 is 2.00 bits per heavy atom. The number of aliphatic hydroxyl groups excluding tert-OH is 1. The first kappa shape index (κ1) is 10.7. The van der Waals surface area contributed by atoms with E-state index in [1.165, 1.54) is 0 Å². The predicted molar refractivity (Wildman–Crippen MR) is 60.7 cm³/mol. The Balaban J connectivity index is 2.51. The van der Waals surface area contributed by atoms with Crippen LogP contribution < -0.4 is 0 Å². The Hall–Kier alpha value is -1.81. The molecule has 4 heteroatoms. The van der Waals surface area contributed by atoms with E-state index < -0.39 is 0 Å². The number of hydrogen-bond acceptors (Lipinski definition) is 4. The molecule has 2 aromatic heterocycles. The van der Waals surface area contributed by atoms with Crippen LogP contribution in [0, 0.1) is 13.8 Å². The van der Waals surface area contributed by atoms with Crippen molar-refractivity contribution in [2.45, 2.75) is 20.5 Å². The average Bonchev–Trinajstić information content (AvgIpc) is 2.28. The molecule has 0 unspecified atom stereocenters. The maximum absolute atomic E-state index is 9.08. The Labute approximate surface area is 94.0 Å². The van der Waals surface area contributed by atoms with Crippen LogP contribution in [0.4, 0.5) is 0 Å². The molecule has 0 radical (unpaired) electrons. The lowest BCUT2D eigenvalue weighted by atomic mass is 10.2. The van der Waals surface area contributed by atoms with Crippen LogP contribution in [-0.2, 0) is 6.61 Å². The van der Waals surface area contributed by atoms with Gasteiger partial charge in [0.15, 0.2) is 5.82 Å². The molecule has 4 nitrogen and oxygen atoms in total. The van der Waals surface area contributed by atoms with Crippen LogP contribution in [0.15, 0.2) is 24.4 Å². The van der Waals surface area contributed by atoms with Gasteiger partial charge in [-0.3, -0.25) is 4.98 Å². The highest BCUT2D eigenvalue weighted by atomic mass is 16.3. The van der Waals surface area contributed by atoms with Crippen molar-refractivity contribution in [3.8, 4) is 11.5 Å². The van der Waals surface area contributed by atoms with E-state index in [9.17, 15) is 0 Å². The van der Waals surface area contributed by atoms with Gasteiger partial charge in [-0.05, 0) is 37.6 Å². The van der Waals surface area contributed by atoms with Crippen LogP contribution in [0.3, 0.4) is 0 Å². The zero-order valence-electron chi connectivity index (χ0n) is 9.31. The molecule has 0 spiro atoms. The number of pyridine rings is 1. The summed E-state index contributed by atoms with van der Waals surface area (Å²) in [5, 5.41) is 9.08. The van der Waals surface area contributed by atoms with Crippen molar-refractivity contribution in [1.29, 1.82) is 0 Å². The largest absolute Gasteiger partial charge is 0.390 e. The normalized spacial score (nSPS) is 10.4. The molecule has 2 rings (SSSR count). The molecule has 16 heavy (non-hydrogen) atoms. The van der Waals surface area contributed by atoms with E-state index in [1.54, 1.807) is 12.3 Å². The van der Waals surface area contributed by atoms with Crippen LogP contribution in [0.1, 0.15) is 17.0 Å². The summed E-state index contributed by atoms with van der Waals surface area (Å²) < 4.78 is 0. The first-order chi connectivity index (χ1) is 7.69. The molecular weight excluding hydrogens is 202 g/mol. The minimum Gasteiger partial charge on any atom is -0.390 e. The predicted octanol–water partition coefficient (Wildman–Crippen LogP) is 1.65. The summed E-state index contributed by atoms with van der Waals surface area (Å²) in [6, 6.07) is 5.61. The van der Waals surface area contributed by atoms with Crippen molar-refractivity contribution in [1.82, 2.24) is 15.0 Å². The topological polar surface area (TPSA) is 58.9 Å². The highest BCUT2D eigenvalue weighted by Crippen LogP contribution is 2.14. The Bertz CT molecular complexity index is 511. The third-order valence-electron chi connectivity index (χ3n) is 2.21. The SMILES string of the molecule is Cc1ccnc(-c2nc(C)cc(CO)n2)c1. The van der Waals surface area contributed by atoms with Crippen LogP contribution in [-0.4, -0.2) is 20.1 Å². The number of aromatic nitrogens is 3. The lowest BCUT2D eigenvalue weighted by molar-refractivity contribution is 0.276. The Kier molecular flexibility index (Phi) is 2.92. The maximum Gasteiger partial charge on any atom is 0.178 e. The minimum absolute atomic E-state index is 0.0812. The molecule has 2 heterocycles. The third-order valence-corrected chi connectivity index (χ3v) is 2.21. The highest BCUT2D eigenvalue weighted by Gasteiger charge is 2.05. The molecule has 0 saturated carbocycles. The lowest BCUT2D eigenvalue weighted by Gasteiger charge is -2.04. The summed E-state index contributed by atoms with van der Waals surface area (Å²) in [6.07, 6.45) is 1.73. The summed E-state index contributed by atoms with van der Waals surface area (Å²) in [6.45, 7) is 3.79. The molecule has 0 bridgehead atoms. The number of nitrogens with zero attached hydrogens (tertiary/aromatic N) is 3. The zero-order valence-corrected chi connectivity index (χ0v) is 9.31. The molecule has 0 aliphatic heterocycles. The van der Waals surface area contributed by atoms with Gasteiger partial charge in [0.1, 0.15) is 5.69 Å². The van der Waals surface area contributed by atoms with Crippen LogP contribution in [0.5, 0.6) is 0 Å². The van der Waals surface area contributed by atoms with Crippen molar-refractivity contribution < 1.29 is 5.11 Å². The summed E-state index contributed by atoms with van der Waals surface area (Å²) in [5.41, 5.74) is 3.29. The standard InChI is InChI=1S/C12H13N3O/c1-8-3-4-13-11(5-8)12-14-9(2)6-10(7-16)15-12/h3-6,16H,7H2,1-2H3. The lowest BCUT2D eigenvalue weighted by Crippen LogP contribution is -1.99. The molecule has 0 atom stereocenters. The van der Waals surface area contributed by atoms with Gasteiger partial charge < -0.3 is 5.11 Å². The highest BCUT2D eigenvalue weighted by molar-refractivity contribution is 5.50. The first-order valence-corrected chi connectivity index (χ1v) is 5.07. The fourth-order valence-corrected chi connectivity index (χ4v) is 1.49. The van der Waals surface area contributed by atoms with E-state index in [0.717, 1.165) is 17.0 Å². The van der Waals surface area contributed by atoms with Gasteiger partial charge in [-0.1, -0.05) is 0 Å². The molecule has 82 valence electrons. The fraction of sp³-hybridized carbons (Fsp3) is 0.250. The van der Waals surface area contributed by atoms with Gasteiger partial charge in [0, 0.05) is 11.9 Å². The van der Waals surface area contributed by atoms with E-state index in [4.69, 9.17) is 5.11 Å². The monoisotopic (exact) mass is 215 g/mol. The number of hydrogen-bond donors (Lipinski definition) is 1. The van der Waals surface area contributed by atoms with E-state index in [0.29, 0.717) is 11.5 Å². The molecular formula is C12H13N3O. The quantitative estimate of drug-likeness (QED) is 0.827. The Morgan fingerprint density at radius 3 is 2.69 bits per heavy atom. The number of aliphatic hydroxyl groups is 1. The third kappa shape index (κ3) is 2.23. The van der Waals surface area contributed by atoms with E-state index in [1.807, 2.05) is 26.0 Å². The van der Waals surface area contributed by atoms with Gasteiger partial charge in [-0.15, -0.1) is 0 Å². The molecule has 0 aliphatic carbocycles. The summed E-state index contributed by atoms with van der Waals surface area (Å²) >= 11 is 0. The molecule has 0 amide bonds. The van der Waals surface area contributed by atoms with Crippen LogP contribution in [0.2, 0.25) is 0 Å². The van der Waals surface area contributed by atoms with E-state index in [-0.39, 0.29) is 6.61 Å². The summed E-state index contributed by atoms with van der Waals surface area (Å²) in [7, 11) is 0. The van der Waals surface area contributed by atoms with Crippen LogP contribution >= 0.6 is 0 Å². The van der Waals surface area contributed by atoms with Gasteiger partial charge in [0.25, 0.3) is 0 Å². The van der Waals surface area contributed by atoms with Crippen molar-refractivity contribution in [2.75, 3.05) is 0 Å². The van der Waals surface area contributed by atoms with Crippen molar-refractivity contribution in [3.05, 3.63) is 41.3 Å². The molecule has 0 aromatic carbocycles. The van der Waals surface area contributed by atoms with Crippen molar-refractivity contribution in [3.63, 3.8) is 0 Å². The summed E-state index contributed by atoms with van der Waals surface area (Å²) in [5.74, 6) is 0.563. The molecule has 2 aromatic rings. The smallest absolute Gasteiger partial charge is 0.178 e. The number of rotatable bonds is 2. The molecule has 0 fully saturated rings. The fourth-order valence-electron chi connectivity index (χ4n) is 1.49. The van der Waals surface area contributed by atoms with Crippen molar-refractivity contribution >= 4 is 0 Å². The second kappa shape index (κ2) is 4.37. The van der Waals surface area contributed by atoms with E-state index in [2.05, 4.69) is 15.0 Å². The molecule has 0 aliphatic rings. The average molecular weight is 215 g/mol.